The fourth-order valence-corrected chi connectivity index (χ4v) is 7.32. The van der Waals surface area contributed by atoms with Crippen molar-refractivity contribution >= 4 is 25.7 Å². The number of nitrogens with two attached hydrogens (primary N) is 1. The number of rotatable bonds is 43. The van der Waals surface area contributed by atoms with Gasteiger partial charge in [0.05, 0.1) is 13.2 Å². The van der Waals surface area contributed by atoms with Gasteiger partial charge in [-0.1, -0.05) is 200 Å². The second kappa shape index (κ2) is 39.3. The predicted octanol–water partition coefficient (Wildman–Crippen LogP) is 11.9. The molecular weight excluding hydrogens is 721 g/mol. The monoisotopic (exact) mass is 806 g/mol. The van der Waals surface area contributed by atoms with Crippen molar-refractivity contribution in [2.45, 2.75) is 238 Å². The highest BCUT2D eigenvalue weighted by Gasteiger charge is 2.28. The summed E-state index contributed by atoms with van der Waals surface area (Å²) < 4.78 is 32.6. The summed E-state index contributed by atoms with van der Waals surface area (Å²) >= 11 is 0. The minimum absolute atomic E-state index is 0.166. The van der Waals surface area contributed by atoms with E-state index in [9.17, 15) is 23.8 Å². The number of hydrogen-bond acceptors (Lipinski definition) is 9. The average molecular weight is 806 g/mol. The first-order valence-corrected chi connectivity index (χ1v) is 24.1. The number of unbranched alkanes of at least 4 members (excludes halogenated alkanes) is 29. The molecule has 55 heavy (non-hydrogen) atoms. The van der Waals surface area contributed by atoms with Crippen molar-refractivity contribution in [2.75, 3.05) is 19.8 Å². The Hall–Kier alpha value is -1.52. The van der Waals surface area contributed by atoms with E-state index in [2.05, 4.69) is 18.4 Å². The zero-order valence-electron chi connectivity index (χ0n) is 35.3. The van der Waals surface area contributed by atoms with Crippen LogP contribution in [0.1, 0.15) is 226 Å². The van der Waals surface area contributed by atoms with Crippen LogP contribution in [0.4, 0.5) is 0 Å². The zero-order chi connectivity index (χ0) is 40.7. The Labute approximate surface area is 335 Å². The van der Waals surface area contributed by atoms with Crippen LogP contribution < -0.4 is 5.73 Å². The molecule has 0 aromatic rings. The fourth-order valence-electron chi connectivity index (χ4n) is 6.54. The van der Waals surface area contributed by atoms with Gasteiger partial charge in [0, 0.05) is 12.8 Å². The number of carboxylic acids is 1. The van der Waals surface area contributed by atoms with Gasteiger partial charge in [-0.25, -0.2) is 4.57 Å². The van der Waals surface area contributed by atoms with Crippen molar-refractivity contribution in [1.29, 1.82) is 0 Å². The molecule has 0 radical (unpaired) electrons. The molecule has 0 aliphatic rings. The lowest BCUT2D eigenvalue weighted by Gasteiger charge is -2.20. The van der Waals surface area contributed by atoms with Crippen LogP contribution in [0.3, 0.4) is 0 Å². The molecule has 11 nitrogen and oxygen atoms in total. The molecule has 0 rings (SSSR count). The lowest BCUT2D eigenvalue weighted by Crippen LogP contribution is -2.34. The van der Waals surface area contributed by atoms with Crippen LogP contribution in [0.15, 0.2) is 0 Å². The number of aliphatic carboxylic acids is 1. The highest BCUT2D eigenvalue weighted by atomic mass is 31.2. The predicted molar refractivity (Wildman–Crippen MR) is 222 cm³/mol. The number of ether oxygens (including phenoxy) is 2. The summed E-state index contributed by atoms with van der Waals surface area (Å²) in [5.41, 5.74) is 5.32. The van der Waals surface area contributed by atoms with Crippen LogP contribution in [-0.2, 0) is 37.5 Å². The molecule has 0 amide bonds. The molecule has 0 aliphatic heterocycles. The molecular formula is C43H84NO10P. The molecule has 0 heterocycles. The normalized spacial score (nSPS) is 13.7. The van der Waals surface area contributed by atoms with E-state index in [0.29, 0.717) is 12.8 Å². The van der Waals surface area contributed by atoms with Crippen molar-refractivity contribution in [3.63, 3.8) is 0 Å². The third-order valence-corrected chi connectivity index (χ3v) is 11.1. The lowest BCUT2D eigenvalue weighted by atomic mass is 10.0. The van der Waals surface area contributed by atoms with E-state index >= 15 is 0 Å². The van der Waals surface area contributed by atoms with Crippen molar-refractivity contribution in [3.8, 4) is 0 Å². The van der Waals surface area contributed by atoms with Gasteiger partial charge in [0.1, 0.15) is 12.6 Å². The minimum Gasteiger partial charge on any atom is -0.480 e. The number of phosphoric acid groups is 1. The topological polar surface area (TPSA) is 172 Å². The van der Waals surface area contributed by atoms with E-state index in [1.165, 1.54) is 148 Å². The minimum atomic E-state index is -4.70. The van der Waals surface area contributed by atoms with Gasteiger partial charge < -0.3 is 25.2 Å². The van der Waals surface area contributed by atoms with Gasteiger partial charge in [-0.05, 0) is 12.8 Å². The van der Waals surface area contributed by atoms with Crippen LogP contribution in [0.25, 0.3) is 0 Å². The quantitative estimate of drug-likeness (QED) is 0.0304. The summed E-state index contributed by atoms with van der Waals surface area (Å²) in [6, 6.07) is -1.51. The van der Waals surface area contributed by atoms with Gasteiger partial charge in [-0.2, -0.15) is 0 Å². The Morgan fingerprint density at radius 2 is 0.800 bits per heavy atom. The largest absolute Gasteiger partial charge is 0.480 e. The second-order valence-electron chi connectivity index (χ2n) is 15.6. The zero-order valence-corrected chi connectivity index (χ0v) is 36.2. The van der Waals surface area contributed by atoms with E-state index in [1.807, 2.05) is 0 Å². The number of hydrogen-bond donors (Lipinski definition) is 3. The van der Waals surface area contributed by atoms with Crippen LogP contribution in [0, 0.1) is 0 Å². The van der Waals surface area contributed by atoms with E-state index in [0.717, 1.165) is 38.5 Å². The fraction of sp³-hybridized carbons (Fsp3) is 0.930. The standard InChI is InChI=1S/C43H84NO10P/c1-3-5-7-9-11-13-14-15-16-17-18-19-20-21-22-23-24-25-26-27-29-30-32-34-41(45)51-36-39(37-52-55(49,50)53-38-40(44)43(47)48)54-42(46)35-33-31-28-12-10-8-6-4-2/h39-40H,3-38,44H2,1-2H3,(H,47,48)(H,49,50)/t39-,40-/m0/s1. The van der Waals surface area contributed by atoms with Crippen molar-refractivity contribution in [2.24, 2.45) is 5.73 Å². The molecule has 0 aromatic heterocycles. The molecule has 0 saturated carbocycles. The highest BCUT2D eigenvalue weighted by Crippen LogP contribution is 2.43. The van der Waals surface area contributed by atoms with Crippen LogP contribution in [0.5, 0.6) is 0 Å². The number of carboxylic acid groups (broad SMARTS) is 1. The summed E-state index contributed by atoms with van der Waals surface area (Å²) in [6.07, 6.45) is 37.7. The van der Waals surface area contributed by atoms with Gasteiger partial charge in [0.2, 0.25) is 0 Å². The number of phosphoric ester groups is 1. The molecule has 4 N–H and O–H groups in total. The molecule has 326 valence electrons. The molecule has 1 unspecified atom stereocenters. The van der Waals surface area contributed by atoms with Gasteiger partial charge in [-0.15, -0.1) is 0 Å². The van der Waals surface area contributed by atoms with E-state index < -0.39 is 51.1 Å². The number of carbonyl (C=O) groups is 3. The maximum absolute atomic E-state index is 12.5. The number of carbonyl (C=O) groups excluding carboxylic acids is 2. The van der Waals surface area contributed by atoms with E-state index in [1.54, 1.807) is 0 Å². The van der Waals surface area contributed by atoms with Crippen LogP contribution in [0.2, 0.25) is 0 Å². The Balaban J connectivity index is 4.07. The molecule has 0 bridgehead atoms. The van der Waals surface area contributed by atoms with Crippen LogP contribution >= 0.6 is 7.82 Å². The maximum Gasteiger partial charge on any atom is 0.472 e. The molecule has 0 spiro atoms. The summed E-state index contributed by atoms with van der Waals surface area (Å²) in [7, 11) is -4.70. The SMILES string of the molecule is CCCCCCCCCCCCCCCCCCCCCCCCCC(=O)OC[C@@H](COP(=O)(O)OC[C@H](N)C(=O)O)OC(=O)CCCCCCCCCC. The summed E-state index contributed by atoms with van der Waals surface area (Å²) in [6.45, 7) is 2.79. The average Bonchev–Trinajstić information content (AvgIpc) is 3.16. The Morgan fingerprint density at radius 1 is 0.491 bits per heavy atom. The van der Waals surface area contributed by atoms with Gasteiger partial charge in [0.25, 0.3) is 0 Å². The van der Waals surface area contributed by atoms with Crippen molar-refractivity contribution < 1.29 is 47.5 Å². The first-order valence-electron chi connectivity index (χ1n) is 22.6. The first-order chi connectivity index (χ1) is 26.6. The lowest BCUT2D eigenvalue weighted by molar-refractivity contribution is -0.161. The van der Waals surface area contributed by atoms with E-state index in [4.69, 9.17) is 24.8 Å². The summed E-state index contributed by atoms with van der Waals surface area (Å²) in [4.78, 5) is 45.8. The third kappa shape index (κ3) is 39.1. The van der Waals surface area contributed by atoms with Crippen LogP contribution in [-0.4, -0.2) is 59.9 Å². The number of esters is 2. The van der Waals surface area contributed by atoms with Gasteiger partial charge >= 0.3 is 25.7 Å². The van der Waals surface area contributed by atoms with Gasteiger partial charge in [-0.3, -0.25) is 23.4 Å². The second-order valence-corrected chi connectivity index (χ2v) is 17.0. The molecule has 3 atom stereocenters. The Morgan fingerprint density at radius 3 is 1.15 bits per heavy atom. The third-order valence-electron chi connectivity index (χ3n) is 10.1. The Bertz CT molecular complexity index is 952. The summed E-state index contributed by atoms with van der Waals surface area (Å²) in [5, 5.41) is 8.86. The maximum atomic E-state index is 12.5. The first kappa shape index (κ1) is 53.5. The summed E-state index contributed by atoms with van der Waals surface area (Å²) in [5.74, 6) is -2.36. The molecule has 12 heteroatoms. The molecule has 0 fully saturated rings. The van der Waals surface area contributed by atoms with E-state index in [-0.39, 0.29) is 19.4 Å². The smallest absolute Gasteiger partial charge is 0.472 e. The van der Waals surface area contributed by atoms with Crippen molar-refractivity contribution in [3.05, 3.63) is 0 Å². The highest BCUT2D eigenvalue weighted by molar-refractivity contribution is 7.47. The Kier molecular flexibility index (Phi) is 38.2. The van der Waals surface area contributed by atoms with Gasteiger partial charge in [0.15, 0.2) is 6.10 Å². The van der Waals surface area contributed by atoms with Crippen molar-refractivity contribution in [1.82, 2.24) is 0 Å². The molecule has 0 aliphatic carbocycles. The molecule has 0 saturated heterocycles. The molecule has 0 aromatic carbocycles.